The zero-order valence-electron chi connectivity index (χ0n) is 16.1. The molecule has 0 radical (unpaired) electrons. The topological polar surface area (TPSA) is 47.3 Å². The molecule has 0 amide bonds. The van der Waals surface area contributed by atoms with Gasteiger partial charge in [-0.3, -0.25) is 0 Å². The SMILES string of the molecule is CCC(C)c1ccccc1OCC(O)Cn1c(C2CC2)nc2ccccc21. The molecule has 1 aliphatic rings. The number of ether oxygens (including phenoxy) is 1. The van der Waals surface area contributed by atoms with Crippen molar-refractivity contribution in [3.63, 3.8) is 0 Å². The average molecular weight is 364 g/mol. The van der Waals surface area contributed by atoms with Crippen molar-refractivity contribution in [2.24, 2.45) is 0 Å². The van der Waals surface area contributed by atoms with E-state index in [0.29, 0.717) is 18.4 Å². The number of hydrogen-bond acceptors (Lipinski definition) is 3. The largest absolute Gasteiger partial charge is 0.491 e. The Morgan fingerprint density at radius 1 is 1.15 bits per heavy atom. The van der Waals surface area contributed by atoms with Gasteiger partial charge >= 0.3 is 0 Å². The maximum Gasteiger partial charge on any atom is 0.122 e. The summed E-state index contributed by atoms with van der Waals surface area (Å²) < 4.78 is 8.20. The first-order valence-electron chi connectivity index (χ1n) is 10.0. The summed E-state index contributed by atoms with van der Waals surface area (Å²) in [7, 11) is 0. The van der Waals surface area contributed by atoms with Gasteiger partial charge in [0.05, 0.1) is 17.6 Å². The molecule has 0 bridgehead atoms. The number of nitrogens with zero attached hydrogens (tertiary/aromatic N) is 2. The molecule has 4 rings (SSSR count). The minimum absolute atomic E-state index is 0.282. The lowest BCUT2D eigenvalue weighted by Crippen LogP contribution is -2.24. The third-order valence-corrected chi connectivity index (χ3v) is 5.51. The van der Waals surface area contributed by atoms with Gasteiger partial charge in [-0.25, -0.2) is 4.98 Å². The number of aliphatic hydroxyl groups excluding tert-OH is 1. The van der Waals surface area contributed by atoms with E-state index in [4.69, 9.17) is 9.72 Å². The highest BCUT2D eigenvalue weighted by molar-refractivity contribution is 5.76. The number of aliphatic hydroxyl groups is 1. The molecule has 1 fully saturated rings. The molecule has 0 saturated heterocycles. The van der Waals surface area contributed by atoms with Gasteiger partial charge in [0.25, 0.3) is 0 Å². The summed E-state index contributed by atoms with van der Waals surface area (Å²) in [6.07, 6.45) is 2.87. The molecule has 4 nitrogen and oxygen atoms in total. The quantitative estimate of drug-likeness (QED) is 0.620. The first-order chi connectivity index (χ1) is 13.2. The molecule has 4 heteroatoms. The number of imidazole rings is 1. The molecule has 1 saturated carbocycles. The Morgan fingerprint density at radius 2 is 1.89 bits per heavy atom. The molecule has 27 heavy (non-hydrogen) atoms. The maximum absolute atomic E-state index is 10.7. The second-order valence-corrected chi connectivity index (χ2v) is 7.66. The van der Waals surface area contributed by atoms with E-state index < -0.39 is 6.10 Å². The summed E-state index contributed by atoms with van der Waals surface area (Å²) in [6.45, 7) is 5.18. The van der Waals surface area contributed by atoms with Gasteiger partial charge in [-0.2, -0.15) is 0 Å². The van der Waals surface area contributed by atoms with Crippen molar-refractivity contribution in [1.29, 1.82) is 0 Å². The van der Waals surface area contributed by atoms with Crippen LogP contribution in [0.5, 0.6) is 5.75 Å². The molecule has 1 heterocycles. The van der Waals surface area contributed by atoms with Crippen molar-refractivity contribution in [3.8, 4) is 5.75 Å². The molecule has 1 aliphatic carbocycles. The summed E-state index contributed by atoms with van der Waals surface area (Å²) >= 11 is 0. The highest BCUT2D eigenvalue weighted by atomic mass is 16.5. The lowest BCUT2D eigenvalue weighted by molar-refractivity contribution is 0.0920. The standard InChI is InChI=1S/C23H28N2O2/c1-3-16(2)19-8-4-7-11-22(19)27-15-18(26)14-25-21-10-6-5-9-20(21)24-23(25)17-12-13-17/h4-11,16-18,26H,3,12-15H2,1-2H3. The third kappa shape index (κ3) is 3.86. The monoisotopic (exact) mass is 364 g/mol. The Bertz CT molecular complexity index is 914. The Balaban J connectivity index is 1.49. The number of fused-ring (bicyclic) bond motifs is 1. The summed E-state index contributed by atoms with van der Waals surface area (Å²) in [4.78, 5) is 4.81. The number of para-hydroxylation sites is 3. The highest BCUT2D eigenvalue weighted by Crippen LogP contribution is 2.40. The van der Waals surface area contributed by atoms with E-state index in [9.17, 15) is 5.11 Å². The summed E-state index contributed by atoms with van der Waals surface area (Å²) in [5.41, 5.74) is 3.31. The first kappa shape index (κ1) is 18.1. The Kier molecular flexibility index (Phi) is 5.17. The molecule has 142 valence electrons. The van der Waals surface area contributed by atoms with Crippen molar-refractivity contribution < 1.29 is 9.84 Å². The first-order valence-corrected chi connectivity index (χ1v) is 10.0. The smallest absolute Gasteiger partial charge is 0.122 e. The molecule has 0 spiro atoms. The minimum Gasteiger partial charge on any atom is -0.491 e. The third-order valence-electron chi connectivity index (χ3n) is 5.51. The highest BCUT2D eigenvalue weighted by Gasteiger charge is 2.30. The van der Waals surface area contributed by atoms with Crippen LogP contribution in [-0.4, -0.2) is 27.4 Å². The molecular formula is C23H28N2O2. The van der Waals surface area contributed by atoms with Gasteiger partial charge in [0, 0.05) is 5.92 Å². The van der Waals surface area contributed by atoms with Crippen molar-refractivity contribution in [3.05, 3.63) is 59.9 Å². The molecule has 1 N–H and O–H groups in total. The summed E-state index contributed by atoms with van der Waals surface area (Å²) in [5, 5.41) is 10.7. The van der Waals surface area contributed by atoms with Crippen LogP contribution in [0, 0.1) is 0 Å². The molecule has 2 atom stereocenters. The number of hydrogen-bond donors (Lipinski definition) is 1. The van der Waals surface area contributed by atoms with Crippen molar-refractivity contribution in [2.45, 2.75) is 57.6 Å². The van der Waals surface area contributed by atoms with Crippen molar-refractivity contribution >= 4 is 11.0 Å². The van der Waals surface area contributed by atoms with E-state index >= 15 is 0 Å². The van der Waals surface area contributed by atoms with Gasteiger partial charge < -0.3 is 14.4 Å². The van der Waals surface area contributed by atoms with Crippen LogP contribution in [0.25, 0.3) is 11.0 Å². The average Bonchev–Trinajstić information content (AvgIpc) is 3.49. The van der Waals surface area contributed by atoms with Crippen molar-refractivity contribution in [2.75, 3.05) is 6.61 Å². The van der Waals surface area contributed by atoms with Crippen LogP contribution in [0.1, 0.15) is 56.3 Å². The van der Waals surface area contributed by atoms with Crippen LogP contribution >= 0.6 is 0 Å². The Labute approximate surface area is 160 Å². The number of rotatable bonds is 8. The predicted molar refractivity (Wildman–Crippen MR) is 108 cm³/mol. The van der Waals surface area contributed by atoms with E-state index in [2.05, 4.69) is 30.5 Å². The molecule has 1 aromatic heterocycles. The van der Waals surface area contributed by atoms with Gasteiger partial charge in [0.2, 0.25) is 0 Å². The normalized spacial score (nSPS) is 16.4. The minimum atomic E-state index is -0.579. The molecule has 0 aliphatic heterocycles. The maximum atomic E-state index is 10.7. The lowest BCUT2D eigenvalue weighted by Gasteiger charge is -2.19. The van der Waals surface area contributed by atoms with Gasteiger partial charge in [-0.05, 0) is 48.9 Å². The summed E-state index contributed by atoms with van der Waals surface area (Å²) in [6, 6.07) is 16.3. The fourth-order valence-corrected chi connectivity index (χ4v) is 3.63. The van der Waals surface area contributed by atoms with E-state index in [1.165, 1.54) is 18.4 Å². The van der Waals surface area contributed by atoms with Gasteiger partial charge in [0.1, 0.15) is 24.3 Å². The van der Waals surface area contributed by atoms with Gasteiger partial charge in [-0.1, -0.05) is 44.2 Å². The van der Waals surface area contributed by atoms with E-state index in [1.54, 1.807) is 0 Å². The molecule has 2 unspecified atom stereocenters. The van der Waals surface area contributed by atoms with Crippen molar-refractivity contribution in [1.82, 2.24) is 9.55 Å². The molecule has 3 aromatic rings. The summed E-state index contributed by atoms with van der Waals surface area (Å²) in [5.74, 6) is 2.97. The number of aromatic nitrogens is 2. The van der Waals surface area contributed by atoms with Crippen LogP contribution in [0.4, 0.5) is 0 Å². The van der Waals surface area contributed by atoms with Crippen LogP contribution < -0.4 is 4.74 Å². The predicted octanol–water partition coefficient (Wildman–Crippen LogP) is 4.87. The fraction of sp³-hybridized carbons (Fsp3) is 0.435. The van der Waals surface area contributed by atoms with Crippen LogP contribution in [-0.2, 0) is 6.54 Å². The van der Waals surface area contributed by atoms with E-state index in [-0.39, 0.29) is 6.61 Å². The zero-order valence-corrected chi connectivity index (χ0v) is 16.1. The zero-order chi connectivity index (χ0) is 18.8. The van der Waals surface area contributed by atoms with Crippen LogP contribution in [0.3, 0.4) is 0 Å². The Morgan fingerprint density at radius 3 is 2.67 bits per heavy atom. The van der Waals surface area contributed by atoms with E-state index in [0.717, 1.165) is 29.0 Å². The van der Waals surface area contributed by atoms with Crippen LogP contribution in [0.2, 0.25) is 0 Å². The van der Waals surface area contributed by atoms with Crippen LogP contribution in [0.15, 0.2) is 48.5 Å². The molecule has 2 aromatic carbocycles. The Hall–Kier alpha value is -2.33. The van der Waals surface area contributed by atoms with Gasteiger partial charge in [0.15, 0.2) is 0 Å². The van der Waals surface area contributed by atoms with Gasteiger partial charge in [-0.15, -0.1) is 0 Å². The lowest BCUT2D eigenvalue weighted by atomic mass is 9.98. The fourth-order valence-electron chi connectivity index (χ4n) is 3.63. The second-order valence-electron chi connectivity index (χ2n) is 7.66. The number of benzene rings is 2. The molecular weight excluding hydrogens is 336 g/mol. The van der Waals surface area contributed by atoms with E-state index in [1.807, 2.05) is 36.4 Å². The second kappa shape index (κ2) is 7.73.